The average molecular weight is 371 g/mol. The van der Waals surface area contributed by atoms with E-state index in [1.807, 2.05) is 0 Å². The first-order chi connectivity index (χ1) is 12.5. The molecule has 0 spiro atoms. The summed E-state index contributed by atoms with van der Waals surface area (Å²) in [4.78, 5) is 13.0. The van der Waals surface area contributed by atoms with E-state index in [9.17, 15) is 4.79 Å². The minimum Gasteiger partial charge on any atom is -0.493 e. The Labute approximate surface area is 163 Å². The fourth-order valence-corrected chi connectivity index (χ4v) is 9.04. The normalized spacial score (nSPS) is 58.4. The van der Waals surface area contributed by atoms with Gasteiger partial charge in [0.25, 0.3) is 0 Å². The predicted octanol–water partition coefficient (Wildman–Crippen LogP) is 5.10. The van der Waals surface area contributed by atoms with Crippen molar-refractivity contribution < 1.29 is 14.3 Å². The molecule has 0 radical (unpaired) electrons. The highest BCUT2D eigenvalue weighted by atomic mass is 16.6. The van der Waals surface area contributed by atoms with E-state index >= 15 is 0 Å². The van der Waals surface area contributed by atoms with Crippen LogP contribution >= 0.6 is 0 Å². The fraction of sp³-hybridized carbons (Fsp3) is 0.875. The van der Waals surface area contributed by atoms with Crippen molar-refractivity contribution in [2.45, 2.75) is 85.9 Å². The lowest BCUT2D eigenvalue weighted by molar-refractivity contribution is -0.145. The summed E-state index contributed by atoms with van der Waals surface area (Å²) in [5, 5.41) is 0. The molecule has 0 aromatic carbocycles. The lowest BCUT2D eigenvalue weighted by atomic mass is 9.70. The van der Waals surface area contributed by atoms with Gasteiger partial charge in [-0.25, -0.2) is 4.79 Å². The number of rotatable bonds is 0. The van der Waals surface area contributed by atoms with Crippen LogP contribution in [0.25, 0.3) is 0 Å². The van der Waals surface area contributed by atoms with E-state index in [4.69, 9.17) is 9.47 Å². The highest BCUT2D eigenvalue weighted by Crippen LogP contribution is 2.74. The molecule has 6 rings (SSSR count). The summed E-state index contributed by atoms with van der Waals surface area (Å²) in [5.74, 6) is 3.09. The van der Waals surface area contributed by atoms with Gasteiger partial charge in [-0.2, -0.15) is 0 Å². The van der Waals surface area contributed by atoms with Gasteiger partial charge < -0.3 is 9.47 Å². The second-order valence-electron chi connectivity index (χ2n) is 12.2. The lowest BCUT2D eigenvalue weighted by Crippen LogP contribution is -2.37. The molecular formula is C24H34O3. The van der Waals surface area contributed by atoms with Crippen LogP contribution in [0.2, 0.25) is 0 Å². The van der Waals surface area contributed by atoms with Gasteiger partial charge in [0.15, 0.2) is 0 Å². The molecule has 3 nitrogen and oxygen atoms in total. The molecule has 8 atom stereocenters. The van der Waals surface area contributed by atoms with Crippen LogP contribution in [0.15, 0.2) is 11.3 Å². The maximum atomic E-state index is 13.0. The largest absolute Gasteiger partial charge is 0.493 e. The van der Waals surface area contributed by atoms with Gasteiger partial charge in [0.2, 0.25) is 0 Å². The molecule has 148 valence electrons. The van der Waals surface area contributed by atoms with Gasteiger partial charge in [-0.1, -0.05) is 41.5 Å². The molecule has 0 amide bonds. The van der Waals surface area contributed by atoms with Gasteiger partial charge >= 0.3 is 5.97 Å². The van der Waals surface area contributed by atoms with Crippen molar-refractivity contribution in [3.63, 3.8) is 0 Å². The Morgan fingerprint density at radius 1 is 0.815 bits per heavy atom. The lowest BCUT2D eigenvalue weighted by Gasteiger charge is -2.38. The number of fused-ring (bicyclic) bond motifs is 10. The Morgan fingerprint density at radius 2 is 1.41 bits per heavy atom. The monoisotopic (exact) mass is 370 g/mol. The summed E-state index contributed by atoms with van der Waals surface area (Å²) < 4.78 is 12.8. The summed E-state index contributed by atoms with van der Waals surface area (Å²) in [6.45, 7) is 14.5. The second kappa shape index (κ2) is 4.44. The molecule has 6 fully saturated rings. The molecule has 0 aromatic heterocycles. The second-order valence-corrected chi connectivity index (χ2v) is 12.2. The van der Waals surface area contributed by atoms with Crippen LogP contribution in [0.4, 0.5) is 0 Å². The molecule has 4 aliphatic carbocycles. The molecule has 6 aliphatic rings. The predicted molar refractivity (Wildman–Crippen MR) is 103 cm³/mol. The topological polar surface area (TPSA) is 35.5 Å². The van der Waals surface area contributed by atoms with Crippen LogP contribution < -0.4 is 0 Å². The van der Waals surface area contributed by atoms with Crippen LogP contribution in [0.1, 0.15) is 73.6 Å². The van der Waals surface area contributed by atoms with Crippen molar-refractivity contribution in [1.82, 2.24) is 0 Å². The van der Waals surface area contributed by atoms with Crippen molar-refractivity contribution in [2.24, 2.45) is 45.3 Å². The first kappa shape index (κ1) is 16.9. The Balaban J connectivity index is 1.41. The van der Waals surface area contributed by atoms with Gasteiger partial charge in [-0.05, 0) is 48.3 Å². The maximum Gasteiger partial charge on any atom is 0.338 e. The van der Waals surface area contributed by atoms with Gasteiger partial charge in [0.1, 0.15) is 18.0 Å². The zero-order valence-corrected chi connectivity index (χ0v) is 17.7. The van der Waals surface area contributed by atoms with E-state index in [2.05, 4.69) is 41.5 Å². The highest BCUT2D eigenvalue weighted by Gasteiger charge is 2.73. The van der Waals surface area contributed by atoms with Crippen LogP contribution in [-0.4, -0.2) is 18.2 Å². The first-order valence-electron chi connectivity index (χ1n) is 11.1. The molecule has 2 saturated heterocycles. The van der Waals surface area contributed by atoms with Crippen LogP contribution in [0.5, 0.6) is 0 Å². The van der Waals surface area contributed by atoms with E-state index in [1.165, 1.54) is 25.7 Å². The Bertz CT molecular complexity index is 791. The molecule has 0 unspecified atom stereocenters. The number of hydrogen-bond acceptors (Lipinski definition) is 3. The Hall–Kier alpha value is -0.990. The smallest absolute Gasteiger partial charge is 0.338 e. The van der Waals surface area contributed by atoms with Gasteiger partial charge in [0, 0.05) is 29.1 Å². The number of ether oxygens (including phenoxy) is 2. The van der Waals surface area contributed by atoms with E-state index < -0.39 is 0 Å². The van der Waals surface area contributed by atoms with Gasteiger partial charge in [-0.3, -0.25) is 0 Å². The van der Waals surface area contributed by atoms with Crippen molar-refractivity contribution in [3.8, 4) is 0 Å². The quantitative estimate of drug-likeness (QED) is 0.440. The van der Waals surface area contributed by atoms with E-state index in [0.717, 1.165) is 23.7 Å². The molecule has 3 heteroatoms. The zero-order valence-electron chi connectivity index (χ0n) is 17.7. The van der Waals surface area contributed by atoms with Crippen molar-refractivity contribution in [2.75, 3.05) is 0 Å². The zero-order chi connectivity index (χ0) is 19.1. The summed E-state index contributed by atoms with van der Waals surface area (Å²) in [5.41, 5.74) is 1.88. The molecule has 2 aliphatic heterocycles. The summed E-state index contributed by atoms with van der Waals surface area (Å²) in [6, 6.07) is 0. The standard InChI is InChI=1S/C24H34O3/c1-21(2)13-7-9-23(21,5)18-12(13)11-15(26-18)17-16-14-8-10-24(6,22(14,3)4)19(16)27-20(17)25/h12-14,16,18-19H,7-11H2,1-6H3/b17-15-/t12-,13-,14-,16+,18-,19-,23+,24+/m1/s1. The van der Waals surface area contributed by atoms with Crippen molar-refractivity contribution in [1.29, 1.82) is 0 Å². The number of carbonyl (C=O) groups excluding carboxylic acids is 1. The van der Waals surface area contributed by atoms with Crippen LogP contribution in [0.3, 0.4) is 0 Å². The maximum absolute atomic E-state index is 13.0. The number of carbonyl (C=O) groups is 1. The summed E-state index contributed by atoms with van der Waals surface area (Å²) in [7, 11) is 0. The van der Waals surface area contributed by atoms with Gasteiger partial charge in [-0.15, -0.1) is 0 Å². The number of esters is 1. The molecule has 4 saturated carbocycles. The van der Waals surface area contributed by atoms with Crippen molar-refractivity contribution >= 4 is 5.97 Å². The highest BCUT2D eigenvalue weighted by molar-refractivity contribution is 5.93. The molecule has 2 heterocycles. The summed E-state index contributed by atoms with van der Waals surface area (Å²) in [6.07, 6.45) is 6.31. The first-order valence-corrected chi connectivity index (χ1v) is 11.1. The minimum atomic E-state index is -0.0645. The number of allylic oxidation sites excluding steroid dienone is 1. The molecule has 4 bridgehead atoms. The van der Waals surface area contributed by atoms with E-state index in [0.29, 0.717) is 23.4 Å². The SMILES string of the molecule is CC1(C)[C@@H]2CC[C@@]1(C)[C@@H]1O/C(=C3\C(=O)O[C@@H]4[C@H]3[C@H]3CC[C@]4(C)C3(C)C)C[C@H]21. The summed E-state index contributed by atoms with van der Waals surface area (Å²) >= 11 is 0. The minimum absolute atomic E-state index is 0.0639. The third-order valence-electron chi connectivity index (χ3n) is 11.4. The molecule has 0 aromatic rings. The van der Waals surface area contributed by atoms with Gasteiger partial charge in [0.05, 0.1) is 5.57 Å². The average Bonchev–Trinajstić information content (AvgIpc) is 3.31. The molecule has 0 N–H and O–H groups in total. The van der Waals surface area contributed by atoms with E-state index in [-0.39, 0.29) is 34.2 Å². The Morgan fingerprint density at radius 3 is 2.07 bits per heavy atom. The van der Waals surface area contributed by atoms with E-state index in [1.54, 1.807) is 0 Å². The fourth-order valence-electron chi connectivity index (χ4n) is 9.04. The molecule has 27 heavy (non-hydrogen) atoms. The van der Waals surface area contributed by atoms with Crippen LogP contribution in [-0.2, 0) is 14.3 Å². The van der Waals surface area contributed by atoms with Crippen LogP contribution in [0, 0.1) is 45.3 Å². The molecular weight excluding hydrogens is 336 g/mol. The Kier molecular flexibility index (Phi) is 2.78. The third kappa shape index (κ3) is 1.53. The number of hydrogen-bond donors (Lipinski definition) is 0. The third-order valence-corrected chi connectivity index (χ3v) is 11.4. The van der Waals surface area contributed by atoms with Crippen molar-refractivity contribution in [3.05, 3.63) is 11.3 Å².